The van der Waals surface area contributed by atoms with Crippen molar-refractivity contribution in [3.8, 4) is 0 Å². The van der Waals surface area contributed by atoms with E-state index in [2.05, 4.69) is 19.4 Å². The van der Waals surface area contributed by atoms with Crippen LogP contribution >= 0.6 is 30.2 Å². The maximum Gasteiger partial charge on any atom is 0.195 e. The molecule has 0 bridgehead atoms. The number of benzene rings is 2. The molecule has 0 aliphatic heterocycles. The molecule has 3 rings (SSSR count). The predicted octanol–water partition coefficient (Wildman–Crippen LogP) is 4.68. The third-order valence-corrected chi connectivity index (χ3v) is 8.22. The van der Waals surface area contributed by atoms with Crippen LogP contribution in [0.4, 0.5) is 0 Å². The van der Waals surface area contributed by atoms with E-state index in [1.165, 1.54) is 5.30 Å². The third-order valence-electron chi connectivity index (χ3n) is 3.45. The van der Waals surface area contributed by atoms with Gasteiger partial charge in [0.1, 0.15) is 5.62 Å². The van der Waals surface area contributed by atoms with Crippen LogP contribution in [0, 0.1) is 6.66 Å². The molecule has 4 heteroatoms. The zero-order valence-corrected chi connectivity index (χ0v) is 13.6. The first-order valence-electron chi connectivity index (χ1n) is 6.25. The zero-order chi connectivity index (χ0) is 14.3. The molecule has 3 aromatic rings. The van der Waals surface area contributed by atoms with Crippen molar-refractivity contribution in [2.24, 2.45) is 0 Å². The summed E-state index contributed by atoms with van der Waals surface area (Å²) in [6, 6.07) is 13.8. The first-order valence-corrected chi connectivity index (χ1v) is 10.2. The molecule has 0 aliphatic carbocycles. The van der Waals surface area contributed by atoms with E-state index in [9.17, 15) is 4.79 Å². The van der Waals surface area contributed by atoms with Gasteiger partial charge in [-0.05, 0) is 30.3 Å². The molecular weight excluding hydrogens is 307 g/mol. The second-order valence-corrected chi connectivity index (χ2v) is 10.5. The standard InChI is InChI=1S/C16H14ClOPS/c1-19(2,10-17)11-7-8-13-15(9-11)20-14-6-4-3-5-12(14)16(13)18/h3-9H,1,10H2,2H3. The van der Waals surface area contributed by atoms with E-state index in [0.29, 0.717) is 5.62 Å². The third kappa shape index (κ3) is 2.26. The highest BCUT2D eigenvalue weighted by molar-refractivity contribution is 7.84. The Morgan fingerprint density at radius 3 is 2.60 bits per heavy atom. The highest BCUT2D eigenvalue weighted by atomic mass is 35.5. The van der Waals surface area contributed by atoms with Crippen molar-refractivity contribution in [2.75, 3.05) is 12.3 Å². The maximum absolute atomic E-state index is 12.5. The molecule has 1 aromatic heterocycles. The van der Waals surface area contributed by atoms with Gasteiger partial charge >= 0.3 is 0 Å². The molecule has 1 unspecified atom stereocenters. The van der Waals surface area contributed by atoms with Gasteiger partial charge in [-0.3, -0.25) is 4.79 Å². The first-order chi connectivity index (χ1) is 9.53. The molecule has 20 heavy (non-hydrogen) atoms. The van der Waals surface area contributed by atoms with Crippen molar-refractivity contribution in [2.45, 2.75) is 0 Å². The van der Waals surface area contributed by atoms with E-state index in [0.717, 1.165) is 20.2 Å². The summed E-state index contributed by atoms with van der Waals surface area (Å²) in [7, 11) is -1.54. The van der Waals surface area contributed by atoms with Crippen LogP contribution in [0.2, 0.25) is 0 Å². The van der Waals surface area contributed by atoms with E-state index in [4.69, 9.17) is 11.6 Å². The fourth-order valence-corrected chi connectivity index (χ4v) is 4.82. The van der Waals surface area contributed by atoms with Crippen molar-refractivity contribution in [3.63, 3.8) is 0 Å². The number of fused-ring (bicyclic) bond motifs is 2. The summed E-state index contributed by atoms with van der Waals surface area (Å²) in [4.78, 5) is 12.5. The summed E-state index contributed by atoms with van der Waals surface area (Å²) in [6.45, 7) is 6.37. The number of rotatable bonds is 2. The summed E-state index contributed by atoms with van der Waals surface area (Å²) in [6.07, 6.45) is 0. The fraction of sp³-hybridized carbons (Fsp3) is 0.125. The Morgan fingerprint density at radius 2 is 1.85 bits per heavy atom. The second-order valence-electron chi connectivity index (χ2n) is 5.12. The molecule has 0 fully saturated rings. The Morgan fingerprint density at radius 1 is 1.15 bits per heavy atom. The SMILES string of the molecule is [CH2-][P+](C)(CCl)c1ccc2c(=O)c3ccccc3sc2c1. The fourth-order valence-electron chi connectivity index (χ4n) is 2.19. The van der Waals surface area contributed by atoms with E-state index < -0.39 is 7.26 Å². The van der Waals surface area contributed by atoms with Crippen molar-refractivity contribution >= 4 is 55.7 Å². The van der Waals surface area contributed by atoms with Gasteiger partial charge in [-0.25, -0.2) is 0 Å². The molecule has 1 nitrogen and oxygen atoms in total. The van der Waals surface area contributed by atoms with Gasteiger partial charge in [0.05, 0.1) is 5.30 Å². The number of alkyl halides is 1. The van der Waals surface area contributed by atoms with Crippen LogP contribution in [0.3, 0.4) is 0 Å². The summed E-state index contributed by atoms with van der Waals surface area (Å²) >= 11 is 7.69. The lowest BCUT2D eigenvalue weighted by Crippen LogP contribution is -2.10. The molecule has 1 atom stereocenters. The molecule has 0 aliphatic rings. The van der Waals surface area contributed by atoms with Gasteiger partial charge in [0.25, 0.3) is 0 Å². The molecule has 0 saturated carbocycles. The Labute approximate surface area is 127 Å². The van der Waals surface area contributed by atoms with Crippen molar-refractivity contribution in [3.05, 3.63) is 59.4 Å². The molecule has 0 radical (unpaired) electrons. The van der Waals surface area contributed by atoms with Crippen LogP contribution in [-0.4, -0.2) is 12.3 Å². The summed E-state index contributed by atoms with van der Waals surface area (Å²) < 4.78 is 2.04. The lowest BCUT2D eigenvalue weighted by molar-refractivity contribution is 1.76. The van der Waals surface area contributed by atoms with Crippen molar-refractivity contribution < 1.29 is 0 Å². The Bertz CT molecular complexity index is 854. The van der Waals surface area contributed by atoms with Crippen LogP contribution in [0.5, 0.6) is 0 Å². The molecular formula is C16H14ClOPS. The quantitative estimate of drug-likeness (QED) is 0.290. The normalized spacial score (nSPS) is 14.6. The number of hydrogen-bond acceptors (Lipinski definition) is 2. The minimum Gasteiger partial charge on any atom is -0.289 e. The van der Waals surface area contributed by atoms with E-state index in [1.807, 2.05) is 36.4 Å². The van der Waals surface area contributed by atoms with Crippen LogP contribution in [0.1, 0.15) is 0 Å². The van der Waals surface area contributed by atoms with Gasteiger partial charge in [-0.2, -0.15) is 6.66 Å². The number of halogens is 1. The minimum atomic E-state index is -1.54. The van der Waals surface area contributed by atoms with Crippen LogP contribution in [0.25, 0.3) is 20.2 Å². The molecule has 1 heterocycles. The summed E-state index contributed by atoms with van der Waals surface area (Å²) in [5, 5.41) is 2.75. The molecule has 0 amide bonds. The van der Waals surface area contributed by atoms with Crippen molar-refractivity contribution in [1.29, 1.82) is 0 Å². The zero-order valence-electron chi connectivity index (χ0n) is 11.1. The van der Waals surface area contributed by atoms with Gasteiger partial charge in [-0.15, -0.1) is 11.3 Å². The van der Waals surface area contributed by atoms with Gasteiger partial charge in [0, 0.05) is 26.8 Å². The lowest BCUT2D eigenvalue weighted by Gasteiger charge is -2.22. The smallest absolute Gasteiger partial charge is 0.195 e. The summed E-state index contributed by atoms with van der Waals surface area (Å²) in [5.74, 6) is 0. The Balaban J connectivity index is 2.36. The highest BCUT2D eigenvalue weighted by Gasteiger charge is 2.20. The summed E-state index contributed by atoms with van der Waals surface area (Å²) in [5.41, 5.74) is 0.664. The Kier molecular flexibility index (Phi) is 3.58. The minimum absolute atomic E-state index is 0.107. The van der Waals surface area contributed by atoms with Crippen LogP contribution in [-0.2, 0) is 0 Å². The van der Waals surface area contributed by atoms with Crippen LogP contribution < -0.4 is 10.7 Å². The lowest BCUT2D eigenvalue weighted by atomic mass is 10.2. The predicted molar refractivity (Wildman–Crippen MR) is 94.2 cm³/mol. The first kappa shape index (κ1) is 14.0. The largest absolute Gasteiger partial charge is 0.289 e. The van der Waals surface area contributed by atoms with Gasteiger partial charge in [-0.1, -0.05) is 31.0 Å². The highest BCUT2D eigenvalue weighted by Crippen LogP contribution is 2.53. The Hall–Kier alpha value is -0.950. The molecule has 0 N–H and O–H groups in total. The van der Waals surface area contributed by atoms with E-state index in [-0.39, 0.29) is 5.43 Å². The molecule has 102 valence electrons. The average Bonchev–Trinajstić information content (AvgIpc) is 2.47. The van der Waals surface area contributed by atoms with Crippen LogP contribution in [0.15, 0.2) is 47.3 Å². The number of hydrogen-bond donors (Lipinski definition) is 0. The molecule has 2 aromatic carbocycles. The van der Waals surface area contributed by atoms with E-state index >= 15 is 0 Å². The van der Waals surface area contributed by atoms with Gasteiger partial charge < -0.3 is 0 Å². The van der Waals surface area contributed by atoms with Crippen molar-refractivity contribution in [1.82, 2.24) is 0 Å². The molecule has 0 spiro atoms. The topological polar surface area (TPSA) is 17.1 Å². The monoisotopic (exact) mass is 320 g/mol. The van der Waals surface area contributed by atoms with Gasteiger partial charge in [0.15, 0.2) is 5.43 Å². The maximum atomic E-state index is 12.5. The second kappa shape index (κ2) is 5.11. The van der Waals surface area contributed by atoms with E-state index in [1.54, 1.807) is 11.3 Å². The van der Waals surface area contributed by atoms with Gasteiger partial charge in [0.2, 0.25) is 0 Å². The average molecular weight is 321 g/mol. The molecule has 0 saturated heterocycles.